The molecule has 2 aromatic rings. The normalized spacial score (nSPS) is 14.5. The first-order valence-electron chi connectivity index (χ1n) is 12.5. The molecule has 12 nitrogen and oxygen atoms in total. The fourth-order valence-electron chi connectivity index (χ4n) is 3.85. The van der Waals surface area contributed by atoms with Gasteiger partial charge in [-0.1, -0.05) is 12.1 Å². The minimum atomic E-state index is -4.85. The van der Waals surface area contributed by atoms with E-state index in [1.165, 1.54) is 15.9 Å². The van der Waals surface area contributed by atoms with E-state index in [-0.39, 0.29) is 43.7 Å². The fraction of sp³-hybridized carbons (Fsp3) is 0.440. The van der Waals surface area contributed by atoms with Crippen molar-refractivity contribution >= 4 is 29.5 Å². The molecule has 0 spiro atoms. The van der Waals surface area contributed by atoms with Gasteiger partial charge in [-0.05, 0) is 37.5 Å². The lowest BCUT2D eigenvalue weighted by atomic mass is 10.0. The Balaban J connectivity index is 1.67. The molecule has 1 aromatic carbocycles. The molecule has 1 saturated heterocycles. The number of nitrogens with one attached hydrogen (secondary N) is 3. The van der Waals surface area contributed by atoms with Gasteiger partial charge in [0, 0.05) is 32.2 Å². The van der Waals surface area contributed by atoms with Crippen molar-refractivity contribution in [1.29, 1.82) is 5.26 Å². The molecule has 1 aromatic heterocycles. The van der Waals surface area contributed by atoms with E-state index in [0.29, 0.717) is 31.5 Å². The molecule has 3 amide bonds. The van der Waals surface area contributed by atoms with E-state index < -0.39 is 30.0 Å². The number of carbonyl (C=O) groups is 3. The number of halogens is 3. The van der Waals surface area contributed by atoms with Crippen LogP contribution < -0.4 is 25.8 Å². The Morgan fingerprint density at radius 3 is 2.45 bits per heavy atom. The third-order valence-corrected chi connectivity index (χ3v) is 6.13. The number of rotatable bonds is 12. The Kier molecular flexibility index (Phi) is 10.1. The number of nitriles is 1. The lowest BCUT2D eigenvalue weighted by molar-refractivity contribution is -0.144. The molecule has 0 saturated carbocycles. The van der Waals surface area contributed by atoms with E-state index in [4.69, 9.17) is 10.4 Å². The Morgan fingerprint density at radius 1 is 1.15 bits per heavy atom. The van der Waals surface area contributed by atoms with Crippen molar-refractivity contribution < 1.29 is 32.7 Å². The van der Waals surface area contributed by atoms with Crippen LogP contribution in [0, 0.1) is 11.3 Å². The predicted molar refractivity (Wildman–Crippen MR) is 137 cm³/mol. The average Bonchev–Trinajstić information content (AvgIpc) is 2.88. The van der Waals surface area contributed by atoms with Gasteiger partial charge in [0.05, 0.1) is 24.7 Å². The van der Waals surface area contributed by atoms with Crippen LogP contribution in [0.3, 0.4) is 0 Å². The van der Waals surface area contributed by atoms with Crippen molar-refractivity contribution in [3.63, 3.8) is 0 Å². The molecule has 0 unspecified atom stereocenters. The molecule has 214 valence electrons. The van der Waals surface area contributed by atoms with Gasteiger partial charge in [0.25, 0.3) is 0 Å². The highest BCUT2D eigenvalue weighted by Crippen LogP contribution is 2.33. The zero-order valence-corrected chi connectivity index (χ0v) is 21.7. The Hall–Kier alpha value is -4.61. The molecule has 40 heavy (non-hydrogen) atoms. The van der Waals surface area contributed by atoms with Gasteiger partial charge in [-0.25, -0.2) is 14.8 Å². The van der Waals surface area contributed by atoms with Crippen molar-refractivity contribution in [1.82, 2.24) is 25.9 Å². The van der Waals surface area contributed by atoms with Crippen molar-refractivity contribution in [3.8, 4) is 6.07 Å². The fourth-order valence-corrected chi connectivity index (χ4v) is 3.85. The monoisotopic (exact) mass is 562 g/mol. The quantitative estimate of drug-likeness (QED) is 0.283. The first-order valence-corrected chi connectivity index (χ1v) is 12.5. The number of carbonyl (C=O) groups excluding carboxylic acids is 2. The van der Waals surface area contributed by atoms with Crippen LogP contribution >= 0.6 is 0 Å². The van der Waals surface area contributed by atoms with Crippen LogP contribution in [-0.2, 0) is 22.2 Å². The zero-order valence-electron chi connectivity index (χ0n) is 21.7. The number of hydrogen-bond acceptors (Lipinski definition) is 8. The van der Waals surface area contributed by atoms with Crippen molar-refractivity contribution in [2.45, 2.75) is 38.4 Å². The number of urea groups is 1. The lowest BCUT2D eigenvalue weighted by Gasteiger charge is -2.41. The second kappa shape index (κ2) is 13.5. The highest BCUT2D eigenvalue weighted by atomic mass is 19.4. The van der Waals surface area contributed by atoms with Crippen LogP contribution in [0.15, 0.2) is 30.3 Å². The second-order valence-corrected chi connectivity index (χ2v) is 8.84. The Morgan fingerprint density at radius 2 is 1.88 bits per heavy atom. The van der Waals surface area contributed by atoms with Crippen LogP contribution in [0.1, 0.15) is 36.7 Å². The van der Waals surface area contributed by atoms with Gasteiger partial charge in [-0.2, -0.15) is 18.4 Å². The second-order valence-electron chi connectivity index (χ2n) is 8.84. The molecule has 0 aliphatic carbocycles. The van der Waals surface area contributed by atoms with Gasteiger partial charge < -0.3 is 30.9 Å². The van der Waals surface area contributed by atoms with Gasteiger partial charge in [0.2, 0.25) is 11.7 Å². The zero-order chi connectivity index (χ0) is 29.3. The van der Waals surface area contributed by atoms with Gasteiger partial charge >= 0.3 is 18.2 Å². The van der Waals surface area contributed by atoms with Gasteiger partial charge in [0.1, 0.15) is 17.7 Å². The summed E-state index contributed by atoms with van der Waals surface area (Å²) in [7, 11) is 0. The summed E-state index contributed by atoms with van der Waals surface area (Å²) in [5.41, 5.74) is 1.45. The van der Waals surface area contributed by atoms with E-state index in [9.17, 15) is 27.6 Å². The molecule has 0 bridgehead atoms. The van der Waals surface area contributed by atoms with Crippen molar-refractivity contribution in [3.05, 3.63) is 47.3 Å². The number of hydrogen-bond donors (Lipinski definition) is 4. The topological polar surface area (TPSA) is 164 Å². The number of alkyl halides is 3. The third kappa shape index (κ3) is 8.19. The van der Waals surface area contributed by atoms with Gasteiger partial charge in [-0.15, -0.1) is 0 Å². The summed E-state index contributed by atoms with van der Waals surface area (Å²) in [4.78, 5) is 45.5. The molecule has 2 heterocycles. The highest BCUT2D eigenvalue weighted by molar-refractivity contribution is 5.86. The maximum Gasteiger partial charge on any atom is 0.451 e. The molecule has 1 aliphatic rings. The minimum Gasteiger partial charge on any atom is -0.481 e. The highest BCUT2D eigenvalue weighted by Gasteiger charge is 2.39. The maximum atomic E-state index is 13.7. The van der Waals surface area contributed by atoms with Crippen molar-refractivity contribution in [2.24, 2.45) is 0 Å². The molecule has 3 rings (SSSR count). The summed E-state index contributed by atoms with van der Waals surface area (Å²) in [6, 6.07) is 8.89. The minimum absolute atomic E-state index is 0.0693. The first kappa shape index (κ1) is 29.9. The summed E-state index contributed by atoms with van der Waals surface area (Å²) in [6.45, 7) is 2.15. The molecule has 15 heteroatoms. The third-order valence-electron chi connectivity index (χ3n) is 6.13. The van der Waals surface area contributed by atoms with Crippen LogP contribution in [0.2, 0.25) is 0 Å². The van der Waals surface area contributed by atoms with Gasteiger partial charge in [0.15, 0.2) is 0 Å². The van der Waals surface area contributed by atoms with E-state index in [1.54, 1.807) is 31.2 Å². The summed E-state index contributed by atoms with van der Waals surface area (Å²) in [5, 5.41) is 25.1. The van der Waals surface area contributed by atoms with E-state index in [0.717, 1.165) is 5.56 Å². The number of aromatic nitrogens is 2. The molecular formula is C25H29F3N8O4. The SMILES string of the molecule is CCN(CNC(=O)NCCC(=O)O)c1cc(N2CC[C@H]2C(=O)NCCc2ccc(C#N)cc2)nc(C(F)(F)F)n1. The number of carboxylic acid groups (broad SMARTS) is 1. The summed E-state index contributed by atoms with van der Waals surface area (Å²) >= 11 is 0. The van der Waals surface area contributed by atoms with Crippen LogP contribution in [0.25, 0.3) is 0 Å². The smallest absolute Gasteiger partial charge is 0.451 e. The molecule has 1 fully saturated rings. The average molecular weight is 563 g/mol. The number of amides is 3. The van der Waals surface area contributed by atoms with Crippen molar-refractivity contribution in [2.75, 3.05) is 42.6 Å². The summed E-state index contributed by atoms with van der Waals surface area (Å²) in [5.74, 6) is -2.98. The number of aliphatic carboxylic acids is 1. The molecule has 0 radical (unpaired) electrons. The van der Waals surface area contributed by atoms with E-state index in [2.05, 4.69) is 25.9 Å². The van der Waals surface area contributed by atoms with E-state index in [1.807, 2.05) is 6.07 Å². The molecule has 1 atom stereocenters. The number of anilines is 2. The number of nitrogens with zero attached hydrogens (tertiary/aromatic N) is 5. The van der Waals surface area contributed by atoms with Gasteiger partial charge in [-0.3, -0.25) is 9.59 Å². The maximum absolute atomic E-state index is 13.7. The van der Waals surface area contributed by atoms with E-state index >= 15 is 0 Å². The van der Waals surface area contributed by atoms with Crippen LogP contribution in [0.5, 0.6) is 0 Å². The largest absolute Gasteiger partial charge is 0.481 e. The Bertz CT molecular complexity index is 1250. The standard InChI is InChI=1S/C25H29F3N8O4/c1-2-35(15-32-24(40)31-11-8-21(37)38)19-13-20(34-23(33-19)25(26,27)28)36-12-9-18(36)22(39)30-10-7-16-3-5-17(14-29)6-4-16/h3-6,13,18H,2,7-12,15H2,1H3,(H,30,39)(H,37,38)(H2,31,32,40)/t18-/m0/s1. The number of carboxylic acids is 1. The molecular weight excluding hydrogens is 533 g/mol. The van der Waals surface area contributed by atoms with Crippen LogP contribution in [0.4, 0.5) is 29.6 Å². The molecule has 4 N–H and O–H groups in total. The number of benzene rings is 1. The summed E-state index contributed by atoms with van der Waals surface area (Å²) in [6.07, 6.45) is -4.19. The predicted octanol–water partition coefficient (Wildman–Crippen LogP) is 1.86. The Labute approximate surface area is 228 Å². The lowest BCUT2D eigenvalue weighted by Crippen LogP contribution is -2.57. The summed E-state index contributed by atoms with van der Waals surface area (Å²) < 4.78 is 41.0. The first-order chi connectivity index (χ1) is 19.0. The van der Waals surface area contributed by atoms with Crippen LogP contribution in [-0.4, -0.2) is 71.9 Å². The molecule has 1 aliphatic heterocycles.